The molecule has 186 valence electrons. The number of alkyl halides is 3. The molecule has 0 aromatic heterocycles. The predicted molar refractivity (Wildman–Crippen MR) is 124 cm³/mol. The first-order valence-electron chi connectivity index (χ1n) is 11.4. The zero-order valence-corrected chi connectivity index (χ0v) is 19.5. The first-order chi connectivity index (χ1) is 16.7. The van der Waals surface area contributed by atoms with Crippen LogP contribution in [-0.4, -0.2) is 67.3 Å². The minimum absolute atomic E-state index is 0.0259. The summed E-state index contributed by atoms with van der Waals surface area (Å²) < 4.78 is 51.2. The maximum atomic E-state index is 13.6. The van der Waals surface area contributed by atoms with Crippen LogP contribution in [0.15, 0.2) is 65.3 Å². The number of hydrogen-bond donors (Lipinski definition) is 0. The second kappa shape index (κ2) is 9.99. The topological polar surface area (TPSA) is 62.3 Å². The Morgan fingerprint density at radius 3 is 2.20 bits per heavy atom. The van der Waals surface area contributed by atoms with Crippen LogP contribution in [0.4, 0.5) is 23.7 Å². The molecule has 0 unspecified atom stereocenters. The number of allylic oxidation sites excluding steroid dienone is 5. The molecule has 0 radical (unpaired) electrons. The van der Waals surface area contributed by atoms with Gasteiger partial charge in [-0.3, -0.25) is 14.6 Å². The summed E-state index contributed by atoms with van der Waals surface area (Å²) in [5.74, 6) is -1.98. The van der Waals surface area contributed by atoms with Gasteiger partial charge >= 0.3 is 12.2 Å². The van der Waals surface area contributed by atoms with Crippen LogP contribution >= 0.6 is 0 Å². The van der Waals surface area contributed by atoms with Crippen molar-refractivity contribution in [1.29, 1.82) is 0 Å². The lowest BCUT2D eigenvalue weighted by Crippen LogP contribution is -2.36. The van der Waals surface area contributed by atoms with Crippen molar-refractivity contribution >= 4 is 23.7 Å². The van der Waals surface area contributed by atoms with E-state index in [0.29, 0.717) is 13.2 Å². The van der Waals surface area contributed by atoms with E-state index in [0.717, 1.165) is 35.3 Å². The number of morpholine rings is 1. The smallest absolute Gasteiger partial charge is 0.449 e. The Bertz CT molecular complexity index is 1110. The fourth-order valence-corrected chi connectivity index (χ4v) is 4.10. The van der Waals surface area contributed by atoms with E-state index >= 15 is 0 Å². The van der Waals surface area contributed by atoms with Crippen LogP contribution in [0, 0.1) is 0 Å². The Morgan fingerprint density at radius 1 is 0.943 bits per heavy atom. The normalized spacial score (nSPS) is 21.6. The Balaban J connectivity index is 1.64. The number of carbonyl (C=O) groups excluding carboxylic acids is 2. The highest BCUT2D eigenvalue weighted by Crippen LogP contribution is 2.36. The third-order valence-electron chi connectivity index (χ3n) is 5.89. The number of urea groups is 1. The zero-order valence-electron chi connectivity index (χ0n) is 19.5. The van der Waals surface area contributed by atoms with Gasteiger partial charge in [-0.25, -0.2) is 4.79 Å². The number of halogens is 3. The molecule has 3 aliphatic heterocycles. The van der Waals surface area contributed by atoms with Crippen molar-refractivity contribution in [3.63, 3.8) is 0 Å². The van der Waals surface area contributed by atoms with Gasteiger partial charge < -0.3 is 14.4 Å². The summed E-state index contributed by atoms with van der Waals surface area (Å²) >= 11 is 0. The minimum atomic E-state index is -4.77. The molecule has 1 aromatic rings. The molecule has 0 saturated carbocycles. The van der Waals surface area contributed by atoms with Gasteiger partial charge in [0.15, 0.2) is 0 Å². The largest absolute Gasteiger partial charge is 0.452 e. The fraction of sp³-hybridized carbons (Fsp3) is 0.360. The van der Waals surface area contributed by atoms with Crippen molar-refractivity contribution in [2.45, 2.75) is 20.0 Å². The molecule has 35 heavy (non-hydrogen) atoms. The number of imide groups is 1. The molecule has 0 spiro atoms. The minimum Gasteiger partial charge on any atom is -0.452 e. The average Bonchev–Trinajstić information content (AvgIpc) is 3.11. The molecule has 0 aliphatic carbocycles. The van der Waals surface area contributed by atoms with Gasteiger partial charge in [-0.1, -0.05) is 18.2 Å². The number of rotatable bonds is 5. The van der Waals surface area contributed by atoms with E-state index in [2.05, 4.69) is 4.90 Å². The summed E-state index contributed by atoms with van der Waals surface area (Å²) in [7, 11) is 0. The maximum absolute atomic E-state index is 13.6. The molecule has 3 amide bonds. The molecule has 3 aliphatic rings. The van der Waals surface area contributed by atoms with Crippen molar-refractivity contribution in [1.82, 2.24) is 9.80 Å². The highest BCUT2D eigenvalue weighted by atomic mass is 19.4. The second-order valence-corrected chi connectivity index (χ2v) is 8.06. The molecular weight excluding hydrogens is 463 g/mol. The van der Waals surface area contributed by atoms with Crippen LogP contribution in [0.2, 0.25) is 0 Å². The Kier molecular flexibility index (Phi) is 7.02. The van der Waals surface area contributed by atoms with E-state index in [1.165, 1.54) is 17.1 Å². The number of hydrogen-bond acceptors (Lipinski definition) is 5. The molecule has 0 atom stereocenters. The fourth-order valence-electron chi connectivity index (χ4n) is 4.10. The summed E-state index contributed by atoms with van der Waals surface area (Å²) in [6.07, 6.45) is 0.380. The third kappa shape index (κ3) is 5.12. The van der Waals surface area contributed by atoms with Crippen LogP contribution in [0.25, 0.3) is 6.08 Å². The molecule has 0 bridgehead atoms. The molecule has 2 saturated heterocycles. The number of carbonyl (C=O) groups is 2. The lowest BCUT2D eigenvalue weighted by atomic mass is 10.1. The number of nitrogens with zero attached hydrogens (tertiary/aromatic N) is 3. The lowest BCUT2D eigenvalue weighted by Gasteiger charge is -2.28. The third-order valence-corrected chi connectivity index (χ3v) is 5.89. The van der Waals surface area contributed by atoms with E-state index in [1.54, 1.807) is 19.9 Å². The molecule has 3 heterocycles. The van der Waals surface area contributed by atoms with Crippen molar-refractivity contribution in [3.05, 3.63) is 70.8 Å². The van der Waals surface area contributed by atoms with Crippen molar-refractivity contribution in [3.8, 4) is 0 Å². The van der Waals surface area contributed by atoms with E-state index in [4.69, 9.17) is 9.47 Å². The first kappa shape index (κ1) is 24.6. The van der Waals surface area contributed by atoms with Crippen LogP contribution in [0.1, 0.15) is 19.4 Å². The first-order valence-corrected chi connectivity index (χ1v) is 11.4. The summed E-state index contributed by atoms with van der Waals surface area (Å²) in [5, 5.41) is 0. The molecular formula is C25H26F3N3O4. The van der Waals surface area contributed by atoms with Gasteiger partial charge in [0.1, 0.15) is 11.5 Å². The summed E-state index contributed by atoms with van der Waals surface area (Å²) in [5.41, 5.74) is 1.69. The Labute approximate surface area is 201 Å². The van der Waals surface area contributed by atoms with E-state index in [-0.39, 0.29) is 30.1 Å². The van der Waals surface area contributed by atoms with Gasteiger partial charge in [-0.15, -0.1) is 0 Å². The molecule has 7 nitrogen and oxygen atoms in total. The van der Waals surface area contributed by atoms with Gasteiger partial charge in [-0.05, 0) is 49.8 Å². The molecule has 2 fully saturated rings. The number of amides is 3. The second-order valence-electron chi connectivity index (χ2n) is 8.06. The Hall–Kier alpha value is -3.53. The zero-order chi connectivity index (χ0) is 25.2. The van der Waals surface area contributed by atoms with Crippen LogP contribution in [-0.2, 0) is 14.3 Å². The van der Waals surface area contributed by atoms with Gasteiger partial charge in [0, 0.05) is 37.4 Å². The number of anilines is 1. The predicted octanol–water partition coefficient (Wildman–Crippen LogP) is 4.45. The Morgan fingerprint density at radius 2 is 1.60 bits per heavy atom. The van der Waals surface area contributed by atoms with Gasteiger partial charge in [0.2, 0.25) is 5.76 Å². The van der Waals surface area contributed by atoms with Crippen LogP contribution in [0.3, 0.4) is 0 Å². The van der Waals surface area contributed by atoms with Crippen molar-refractivity contribution in [2.75, 3.05) is 44.3 Å². The van der Waals surface area contributed by atoms with E-state index in [9.17, 15) is 22.8 Å². The molecule has 0 N–H and O–H groups in total. The lowest BCUT2D eigenvalue weighted by molar-refractivity contribution is -0.125. The highest BCUT2D eigenvalue weighted by molar-refractivity contribution is 6.12. The monoisotopic (exact) mass is 489 g/mol. The quantitative estimate of drug-likeness (QED) is 0.452. The maximum Gasteiger partial charge on any atom is 0.449 e. The summed E-state index contributed by atoms with van der Waals surface area (Å²) in [4.78, 5) is 29.7. The van der Waals surface area contributed by atoms with Crippen LogP contribution < -0.4 is 4.90 Å². The van der Waals surface area contributed by atoms with Crippen molar-refractivity contribution < 1.29 is 32.2 Å². The average molecular weight is 489 g/mol. The van der Waals surface area contributed by atoms with E-state index in [1.807, 2.05) is 24.3 Å². The summed E-state index contributed by atoms with van der Waals surface area (Å²) in [6.45, 7) is 6.48. The molecule has 1 aromatic carbocycles. The van der Waals surface area contributed by atoms with E-state index < -0.39 is 23.9 Å². The van der Waals surface area contributed by atoms with Gasteiger partial charge in [-0.2, -0.15) is 13.2 Å². The van der Waals surface area contributed by atoms with Crippen molar-refractivity contribution in [2.24, 2.45) is 0 Å². The standard InChI is InChI=1S/C25H26F3N3O4/c1-3-30-22(23(32)31(4-2)24(30)33)18-15-20(35-21(16-18)25(26,27)28)10-7-17-5-8-19(9-6-17)29-11-13-34-14-12-29/h5-10,15-16H,3-4,11-14H2,1-2H3/b10-7+,22-18+. The highest BCUT2D eigenvalue weighted by Gasteiger charge is 2.43. The SMILES string of the molecule is CCN1C(=O)/C(=C2C=C(/C=C/c3ccc(N4CCOCC4)cc3)OC(C(F)(F)F)=C/2)N(CC)C1=O. The molecule has 10 heteroatoms. The number of ether oxygens (including phenoxy) is 2. The van der Waals surface area contributed by atoms with Crippen LogP contribution in [0.5, 0.6) is 0 Å². The van der Waals surface area contributed by atoms with Gasteiger partial charge in [0.25, 0.3) is 5.91 Å². The van der Waals surface area contributed by atoms with Gasteiger partial charge in [0.05, 0.1) is 13.2 Å². The molecule has 4 rings (SSSR count). The number of benzene rings is 1. The summed E-state index contributed by atoms with van der Waals surface area (Å²) in [6, 6.07) is 7.05. The number of likely N-dealkylation sites (N-methyl/N-ethyl adjacent to an activating group) is 2.